The lowest BCUT2D eigenvalue weighted by Crippen LogP contribution is -2.47. The van der Waals surface area contributed by atoms with Gasteiger partial charge in [0.1, 0.15) is 0 Å². The second kappa shape index (κ2) is 8.91. The zero-order valence-electron chi connectivity index (χ0n) is 14.6. The van der Waals surface area contributed by atoms with Crippen LogP contribution in [0.1, 0.15) is 39.7 Å². The molecule has 128 valence electrons. The Morgan fingerprint density at radius 3 is 2.57 bits per heavy atom. The molecule has 0 aromatic heterocycles. The number of carbonyl (C=O) groups excluding carboxylic acids is 1. The highest BCUT2D eigenvalue weighted by molar-refractivity contribution is 9.10. The molecule has 0 aliphatic heterocycles. The van der Waals surface area contributed by atoms with Crippen molar-refractivity contribution in [3.63, 3.8) is 0 Å². The van der Waals surface area contributed by atoms with Crippen molar-refractivity contribution in [2.45, 2.75) is 46.6 Å². The molecule has 0 aliphatic carbocycles. The first-order valence-corrected chi connectivity index (χ1v) is 8.63. The molecule has 0 atom stereocenters. The first-order chi connectivity index (χ1) is 10.7. The summed E-state index contributed by atoms with van der Waals surface area (Å²) in [7, 11) is 0. The number of anilines is 1. The molecule has 0 spiro atoms. The van der Waals surface area contributed by atoms with Gasteiger partial charge in [-0.3, -0.25) is 9.79 Å². The highest BCUT2D eigenvalue weighted by Gasteiger charge is 2.11. The topological polar surface area (TPSA) is 65.5 Å². The Balaban J connectivity index is 2.55. The van der Waals surface area contributed by atoms with E-state index in [0.29, 0.717) is 13.0 Å². The predicted molar refractivity (Wildman–Crippen MR) is 101 cm³/mol. The van der Waals surface area contributed by atoms with Crippen molar-refractivity contribution in [2.24, 2.45) is 4.99 Å². The van der Waals surface area contributed by atoms with Crippen LogP contribution in [-0.4, -0.2) is 30.5 Å². The molecule has 5 nitrogen and oxygen atoms in total. The van der Waals surface area contributed by atoms with Gasteiger partial charge in [-0.2, -0.15) is 0 Å². The molecule has 1 aromatic rings. The summed E-state index contributed by atoms with van der Waals surface area (Å²) in [4.78, 5) is 16.5. The maximum Gasteiger partial charge on any atom is 0.226 e. The Morgan fingerprint density at radius 2 is 2.00 bits per heavy atom. The Kier molecular flexibility index (Phi) is 7.55. The van der Waals surface area contributed by atoms with E-state index >= 15 is 0 Å². The quantitative estimate of drug-likeness (QED) is 0.539. The zero-order valence-corrected chi connectivity index (χ0v) is 16.2. The number of amides is 1. The van der Waals surface area contributed by atoms with Crippen LogP contribution in [0, 0.1) is 6.92 Å². The lowest BCUT2D eigenvalue weighted by molar-refractivity contribution is -0.116. The van der Waals surface area contributed by atoms with Crippen LogP contribution in [0.25, 0.3) is 0 Å². The second-order valence-corrected chi connectivity index (χ2v) is 7.31. The van der Waals surface area contributed by atoms with E-state index in [1.807, 2.05) is 32.0 Å². The van der Waals surface area contributed by atoms with Gasteiger partial charge in [-0.05, 0) is 58.4 Å². The van der Waals surface area contributed by atoms with Crippen LogP contribution >= 0.6 is 15.9 Å². The van der Waals surface area contributed by atoms with E-state index in [-0.39, 0.29) is 11.4 Å². The molecule has 0 bridgehead atoms. The van der Waals surface area contributed by atoms with Gasteiger partial charge in [0, 0.05) is 28.7 Å². The molecule has 0 unspecified atom stereocenters. The van der Waals surface area contributed by atoms with Gasteiger partial charge in [0.15, 0.2) is 5.96 Å². The molecule has 0 saturated carbocycles. The van der Waals surface area contributed by atoms with Crippen LogP contribution < -0.4 is 16.0 Å². The number of benzene rings is 1. The number of nitrogens with one attached hydrogen (secondary N) is 3. The minimum atomic E-state index is -0.0716. The lowest BCUT2D eigenvalue weighted by atomic mass is 10.1. The molecule has 1 rings (SSSR count). The normalized spacial score (nSPS) is 12.0. The molecule has 1 amide bonds. The van der Waals surface area contributed by atoms with Gasteiger partial charge < -0.3 is 16.0 Å². The molecule has 1 aromatic carbocycles. The smallest absolute Gasteiger partial charge is 0.226 e. The van der Waals surface area contributed by atoms with E-state index in [1.54, 1.807) is 0 Å². The maximum absolute atomic E-state index is 12.0. The highest BCUT2D eigenvalue weighted by Crippen LogP contribution is 2.20. The summed E-state index contributed by atoms with van der Waals surface area (Å²) in [6.07, 6.45) is 0.343. The van der Waals surface area contributed by atoms with Gasteiger partial charge in [0.25, 0.3) is 0 Å². The van der Waals surface area contributed by atoms with Gasteiger partial charge in [0.2, 0.25) is 5.91 Å². The Morgan fingerprint density at radius 1 is 1.30 bits per heavy atom. The fourth-order valence-corrected chi connectivity index (χ4v) is 2.39. The third-order valence-corrected chi connectivity index (χ3v) is 3.40. The summed E-state index contributed by atoms with van der Waals surface area (Å²) in [5.74, 6) is 0.693. The molecular formula is C17H27BrN4O. The lowest BCUT2D eigenvalue weighted by Gasteiger charge is -2.23. The van der Waals surface area contributed by atoms with E-state index in [0.717, 1.165) is 28.2 Å². The van der Waals surface area contributed by atoms with Gasteiger partial charge in [-0.25, -0.2) is 0 Å². The van der Waals surface area contributed by atoms with Crippen molar-refractivity contribution in [1.82, 2.24) is 10.6 Å². The number of aryl methyl sites for hydroxylation is 1. The number of guanidine groups is 1. The monoisotopic (exact) mass is 382 g/mol. The average molecular weight is 383 g/mol. The molecule has 0 aliphatic rings. The number of nitrogens with zero attached hydrogens (tertiary/aromatic N) is 1. The zero-order chi connectivity index (χ0) is 17.5. The van der Waals surface area contributed by atoms with E-state index in [4.69, 9.17) is 0 Å². The van der Waals surface area contributed by atoms with E-state index in [2.05, 4.69) is 57.6 Å². The van der Waals surface area contributed by atoms with Gasteiger partial charge >= 0.3 is 0 Å². The average Bonchev–Trinajstić information content (AvgIpc) is 2.40. The SMILES string of the molecule is CCNC(=NCCC(=O)Nc1ccc(Br)cc1C)NC(C)(C)C. The molecule has 23 heavy (non-hydrogen) atoms. The molecule has 3 N–H and O–H groups in total. The number of hydrogen-bond acceptors (Lipinski definition) is 2. The first-order valence-electron chi connectivity index (χ1n) is 7.84. The molecule has 0 saturated heterocycles. The van der Waals surface area contributed by atoms with Crippen LogP contribution in [0.2, 0.25) is 0 Å². The van der Waals surface area contributed by atoms with E-state index < -0.39 is 0 Å². The van der Waals surface area contributed by atoms with Crippen LogP contribution in [0.15, 0.2) is 27.7 Å². The number of halogens is 1. The van der Waals surface area contributed by atoms with Crippen molar-refractivity contribution in [2.75, 3.05) is 18.4 Å². The number of carbonyl (C=O) groups is 1. The summed E-state index contributed by atoms with van der Waals surface area (Å²) in [6, 6.07) is 5.79. The van der Waals surface area contributed by atoms with Crippen molar-refractivity contribution in [1.29, 1.82) is 0 Å². The maximum atomic E-state index is 12.0. The largest absolute Gasteiger partial charge is 0.357 e. The van der Waals surface area contributed by atoms with Crippen LogP contribution in [0.5, 0.6) is 0 Å². The van der Waals surface area contributed by atoms with Gasteiger partial charge in [-0.1, -0.05) is 15.9 Å². The summed E-state index contributed by atoms with van der Waals surface area (Å²) in [5, 5.41) is 9.40. The van der Waals surface area contributed by atoms with Crippen LogP contribution in [0.3, 0.4) is 0 Å². The molecule has 0 fully saturated rings. The minimum Gasteiger partial charge on any atom is -0.357 e. The molecule has 6 heteroatoms. The number of aliphatic imine (C=N–C) groups is 1. The van der Waals surface area contributed by atoms with Crippen molar-refractivity contribution in [3.05, 3.63) is 28.2 Å². The third-order valence-electron chi connectivity index (χ3n) is 2.91. The van der Waals surface area contributed by atoms with E-state index in [1.165, 1.54) is 0 Å². The highest BCUT2D eigenvalue weighted by atomic mass is 79.9. The van der Waals surface area contributed by atoms with Crippen LogP contribution in [-0.2, 0) is 4.79 Å². The third kappa shape index (κ3) is 8.02. The number of rotatable bonds is 5. The second-order valence-electron chi connectivity index (χ2n) is 6.39. The molecular weight excluding hydrogens is 356 g/mol. The summed E-state index contributed by atoms with van der Waals surface area (Å²) in [6.45, 7) is 11.4. The fourth-order valence-electron chi connectivity index (χ4n) is 1.91. The van der Waals surface area contributed by atoms with Gasteiger partial charge in [0.05, 0.1) is 6.54 Å². The van der Waals surface area contributed by atoms with Crippen LogP contribution in [0.4, 0.5) is 5.69 Å². The predicted octanol–water partition coefficient (Wildman–Crippen LogP) is 3.44. The standard InChI is InChI=1S/C17H27BrN4O/c1-6-19-16(22-17(3,4)5)20-10-9-15(23)21-14-8-7-13(18)11-12(14)2/h7-8,11H,6,9-10H2,1-5H3,(H,21,23)(H2,19,20,22). The van der Waals surface area contributed by atoms with Crippen molar-refractivity contribution in [3.8, 4) is 0 Å². The summed E-state index contributed by atoms with van der Waals surface area (Å²) < 4.78 is 1.00. The molecule has 0 heterocycles. The Bertz CT molecular complexity index is 564. The minimum absolute atomic E-state index is 0.0363. The fraction of sp³-hybridized carbons (Fsp3) is 0.529. The Hall–Kier alpha value is -1.56. The number of hydrogen-bond donors (Lipinski definition) is 3. The summed E-state index contributed by atoms with van der Waals surface area (Å²) >= 11 is 3.41. The molecule has 0 radical (unpaired) electrons. The van der Waals surface area contributed by atoms with E-state index in [9.17, 15) is 4.79 Å². The van der Waals surface area contributed by atoms with Crippen molar-refractivity contribution < 1.29 is 4.79 Å². The summed E-state index contributed by atoms with van der Waals surface area (Å²) in [5.41, 5.74) is 1.79. The first kappa shape index (κ1) is 19.5. The van der Waals surface area contributed by atoms with Crippen molar-refractivity contribution >= 4 is 33.5 Å². The Labute approximate surface area is 147 Å². The van der Waals surface area contributed by atoms with Gasteiger partial charge in [-0.15, -0.1) is 0 Å².